The zero-order valence-corrected chi connectivity index (χ0v) is 9.46. The summed E-state index contributed by atoms with van der Waals surface area (Å²) in [5.41, 5.74) is 1.20. The molecule has 0 aliphatic rings. The number of ether oxygens (including phenoxy) is 1. The Morgan fingerprint density at radius 2 is 2.27 bits per heavy atom. The Kier molecular flexibility index (Phi) is 6.86. The fourth-order valence-corrected chi connectivity index (χ4v) is 1.44. The van der Waals surface area contributed by atoms with E-state index in [1.54, 1.807) is 13.4 Å². The lowest BCUT2D eigenvalue weighted by molar-refractivity contribution is 0.192. The minimum Gasteiger partial charge on any atom is -0.385 e. The van der Waals surface area contributed by atoms with Gasteiger partial charge in [0.1, 0.15) is 0 Å². The third-order valence-electron chi connectivity index (χ3n) is 2.33. The number of hydrogen-bond acceptors (Lipinski definition) is 3. The number of aromatic amines is 1. The fourth-order valence-electron chi connectivity index (χ4n) is 1.44. The molecular weight excluding hydrogens is 190 g/mol. The normalized spacial score (nSPS) is 10.7. The molecule has 0 amide bonds. The number of imidazole rings is 1. The molecule has 0 aliphatic carbocycles. The number of nitrogens with zero attached hydrogens (tertiary/aromatic N) is 1. The summed E-state index contributed by atoms with van der Waals surface area (Å²) in [6.45, 7) is 3.00. The predicted molar refractivity (Wildman–Crippen MR) is 60.9 cm³/mol. The maximum atomic E-state index is 4.99. The third kappa shape index (κ3) is 6.25. The van der Waals surface area contributed by atoms with Gasteiger partial charge in [0, 0.05) is 38.6 Å². The van der Waals surface area contributed by atoms with Gasteiger partial charge >= 0.3 is 0 Å². The SMILES string of the molecule is COCCCCCNCCc1cnc[nH]1. The molecule has 2 N–H and O–H groups in total. The molecule has 86 valence electrons. The molecule has 0 saturated heterocycles. The molecule has 0 unspecified atom stereocenters. The average Bonchev–Trinajstić information content (AvgIpc) is 2.75. The van der Waals surface area contributed by atoms with Gasteiger partial charge in [0.2, 0.25) is 0 Å². The molecule has 0 bridgehead atoms. The molecule has 4 heteroatoms. The van der Waals surface area contributed by atoms with Crippen LogP contribution in [0.2, 0.25) is 0 Å². The van der Waals surface area contributed by atoms with Crippen molar-refractivity contribution in [2.45, 2.75) is 25.7 Å². The maximum absolute atomic E-state index is 4.99. The van der Waals surface area contributed by atoms with Crippen LogP contribution in [0.5, 0.6) is 0 Å². The second-order valence-corrected chi connectivity index (χ2v) is 3.63. The van der Waals surface area contributed by atoms with E-state index >= 15 is 0 Å². The fraction of sp³-hybridized carbons (Fsp3) is 0.727. The summed E-state index contributed by atoms with van der Waals surface area (Å²) in [5, 5.41) is 3.41. The van der Waals surface area contributed by atoms with Crippen LogP contribution in [0.3, 0.4) is 0 Å². The highest BCUT2D eigenvalue weighted by Crippen LogP contribution is 1.94. The first-order valence-corrected chi connectivity index (χ1v) is 5.60. The number of aromatic nitrogens is 2. The van der Waals surface area contributed by atoms with Crippen LogP contribution in [0.25, 0.3) is 0 Å². The number of rotatable bonds is 9. The highest BCUT2D eigenvalue weighted by molar-refractivity contribution is 4.94. The quantitative estimate of drug-likeness (QED) is 0.606. The minimum atomic E-state index is 0.883. The third-order valence-corrected chi connectivity index (χ3v) is 2.33. The Morgan fingerprint density at radius 3 is 3.00 bits per heavy atom. The van der Waals surface area contributed by atoms with E-state index in [0.717, 1.165) is 26.1 Å². The molecule has 0 aliphatic heterocycles. The Morgan fingerprint density at radius 1 is 1.33 bits per heavy atom. The van der Waals surface area contributed by atoms with Gasteiger partial charge in [-0.15, -0.1) is 0 Å². The van der Waals surface area contributed by atoms with Gasteiger partial charge in [0.25, 0.3) is 0 Å². The number of unbranched alkanes of at least 4 members (excludes halogenated alkanes) is 2. The second-order valence-electron chi connectivity index (χ2n) is 3.63. The first-order valence-electron chi connectivity index (χ1n) is 5.60. The monoisotopic (exact) mass is 211 g/mol. The molecule has 1 heterocycles. The summed E-state index contributed by atoms with van der Waals surface area (Å²) in [6, 6.07) is 0. The molecule has 0 aromatic carbocycles. The van der Waals surface area contributed by atoms with Gasteiger partial charge in [-0.05, 0) is 25.8 Å². The van der Waals surface area contributed by atoms with Crippen molar-refractivity contribution >= 4 is 0 Å². The molecule has 0 saturated carbocycles. The van der Waals surface area contributed by atoms with Crippen LogP contribution in [0.15, 0.2) is 12.5 Å². The van der Waals surface area contributed by atoms with Crippen LogP contribution in [0.4, 0.5) is 0 Å². The number of H-pyrrole nitrogens is 1. The van der Waals surface area contributed by atoms with Crippen LogP contribution < -0.4 is 5.32 Å². The van der Waals surface area contributed by atoms with Gasteiger partial charge < -0.3 is 15.0 Å². The highest BCUT2D eigenvalue weighted by atomic mass is 16.5. The smallest absolute Gasteiger partial charge is 0.0921 e. The van der Waals surface area contributed by atoms with Gasteiger partial charge in [-0.3, -0.25) is 0 Å². The number of hydrogen-bond donors (Lipinski definition) is 2. The summed E-state index contributed by atoms with van der Waals surface area (Å²) in [6.07, 6.45) is 8.26. The lowest BCUT2D eigenvalue weighted by Gasteiger charge is -2.03. The van der Waals surface area contributed by atoms with E-state index in [0.29, 0.717) is 0 Å². The van der Waals surface area contributed by atoms with E-state index in [2.05, 4.69) is 15.3 Å². The van der Waals surface area contributed by atoms with Gasteiger partial charge in [-0.1, -0.05) is 0 Å². The molecule has 0 fully saturated rings. The zero-order chi connectivity index (χ0) is 10.8. The van der Waals surface area contributed by atoms with Gasteiger partial charge in [-0.2, -0.15) is 0 Å². The van der Waals surface area contributed by atoms with E-state index in [1.807, 2.05) is 6.20 Å². The van der Waals surface area contributed by atoms with Crippen LogP contribution in [0.1, 0.15) is 25.0 Å². The van der Waals surface area contributed by atoms with E-state index in [-0.39, 0.29) is 0 Å². The first-order chi connectivity index (χ1) is 7.43. The van der Waals surface area contributed by atoms with Crippen LogP contribution in [-0.4, -0.2) is 36.8 Å². The van der Waals surface area contributed by atoms with Crippen molar-refractivity contribution in [3.05, 3.63) is 18.2 Å². The molecule has 1 rings (SSSR count). The standard InChI is InChI=1S/C11H21N3O/c1-15-8-4-2-3-6-12-7-5-11-9-13-10-14-11/h9-10,12H,2-8H2,1H3,(H,13,14). The first kappa shape index (κ1) is 12.2. The molecule has 0 spiro atoms. The zero-order valence-electron chi connectivity index (χ0n) is 9.46. The van der Waals surface area contributed by atoms with E-state index in [1.165, 1.54) is 25.0 Å². The van der Waals surface area contributed by atoms with Crippen LogP contribution >= 0.6 is 0 Å². The Bertz CT molecular complexity index is 224. The summed E-state index contributed by atoms with van der Waals surface area (Å²) >= 11 is 0. The predicted octanol–water partition coefficient (Wildman–Crippen LogP) is 1.36. The maximum Gasteiger partial charge on any atom is 0.0921 e. The number of nitrogens with one attached hydrogen (secondary N) is 2. The van der Waals surface area contributed by atoms with Crippen molar-refractivity contribution in [2.75, 3.05) is 26.8 Å². The lowest BCUT2D eigenvalue weighted by Crippen LogP contribution is -2.18. The molecule has 0 atom stereocenters. The molecule has 15 heavy (non-hydrogen) atoms. The molecule has 4 nitrogen and oxygen atoms in total. The van der Waals surface area contributed by atoms with Crippen molar-refractivity contribution in [3.8, 4) is 0 Å². The molecular formula is C11H21N3O. The second kappa shape index (κ2) is 8.44. The highest BCUT2D eigenvalue weighted by Gasteiger charge is 1.93. The van der Waals surface area contributed by atoms with Crippen molar-refractivity contribution in [3.63, 3.8) is 0 Å². The minimum absolute atomic E-state index is 0.883. The van der Waals surface area contributed by atoms with E-state index in [4.69, 9.17) is 4.74 Å². The van der Waals surface area contributed by atoms with Crippen molar-refractivity contribution in [1.82, 2.24) is 15.3 Å². The van der Waals surface area contributed by atoms with Gasteiger partial charge in [0.05, 0.1) is 6.33 Å². The summed E-state index contributed by atoms with van der Waals surface area (Å²) in [7, 11) is 1.75. The van der Waals surface area contributed by atoms with Crippen molar-refractivity contribution in [1.29, 1.82) is 0 Å². The summed E-state index contributed by atoms with van der Waals surface area (Å²) < 4.78 is 4.99. The largest absolute Gasteiger partial charge is 0.385 e. The molecule has 0 radical (unpaired) electrons. The molecule has 1 aromatic heterocycles. The molecule has 1 aromatic rings. The van der Waals surface area contributed by atoms with Gasteiger partial charge in [0.15, 0.2) is 0 Å². The Labute approximate surface area is 91.4 Å². The summed E-state index contributed by atoms with van der Waals surface area (Å²) in [5.74, 6) is 0. The topological polar surface area (TPSA) is 49.9 Å². The Balaban J connectivity index is 1.81. The van der Waals surface area contributed by atoms with E-state index in [9.17, 15) is 0 Å². The van der Waals surface area contributed by atoms with Crippen molar-refractivity contribution < 1.29 is 4.74 Å². The Hall–Kier alpha value is -0.870. The van der Waals surface area contributed by atoms with Crippen molar-refractivity contribution in [2.24, 2.45) is 0 Å². The van der Waals surface area contributed by atoms with Crippen LogP contribution in [-0.2, 0) is 11.2 Å². The lowest BCUT2D eigenvalue weighted by atomic mass is 10.2. The average molecular weight is 211 g/mol. The van der Waals surface area contributed by atoms with Gasteiger partial charge in [-0.25, -0.2) is 4.98 Å². The van der Waals surface area contributed by atoms with Crippen LogP contribution in [0, 0.1) is 0 Å². The summed E-state index contributed by atoms with van der Waals surface area (Å²) in [4.78, 5) is 7.06. The van der Waals surface area contributed by atoms with E-state index < -0.39 is 0 Å². The number of methoxy groups -OCH3 is 1.